The van der Waals surface area contributed by atoms with Crippen molar-refractivity contribution in [3.63, 3.8) is 0 Å². The van der Waals surface area contributed by atoms with Crippen molar-refractivity contribution < 1.29 is 13.6 Å². The average molecular weight is 292 g/mol. The smallest absolute Gasteiger partial charge is 0.279 e. The molecule has 1 rings (SSSR count). The predicted octanol–water partition coefficient (Wildman–Crippen LogP) is 0.612. The van der Waals surface area contributed by atoms with Gasteiger partial charge < -0.3 is 10.9 Å². The quantitative estimate of drug-likeness (QED) is 0.305. The zero-order valence-corrected chi connectivity index (χ0v) is 12.4. The minimum Gasteiger partial charge on any atom is -0.409 e. The Morgan fingerprint density at radius 1 is 1.21 bits per heavy atom. The summed E-state index contributed by atoms with van der Waals surface area (Å²) in [5, 5.41) is 12.0. The van der Waals surface area contributed by atoms with E-state index in [0.29, 0.717) is 12.8 Å². The third-order valence-corrected chi connectivity index (χ3v) is 5.22. The van der Waals surface area contributed by atoms with Gasteiger partial charge in [0.05, 0.1) is 5.54 Å². The van der Waals surface area contributed by atoms with Crippen LogP contribution in [-0.4, -0.2) is 43.4 Å². The third kappa shape index (κ3) is 4.05. The highest BCUT2D eigenvalue weighted by atomic mass is 32.2. The molecule has 7 nitrogen and oxygen atoms in total. The summed E-state index contributed by atoms with van der Waals surface area (Å²) < 4.78 is 27.8. The lowest BCUT2D eigenvalue weighted by atomic mass is 9.84. The summed E-state index contributed by atoms with van der Waals surface area (Å²) in [6, 6.07) is 0. The van der Waals surface area contributed by atoms with Gasteiger partial charge in [-0.05, 0) is 12.8 Å². The van der Waals surface area contributed by atoms with Crippen LogP contribution < -0.4 is 10.5 Å². The SMILES string of the molecule is CN(C)S(=O)(=O)NC1(/C(N)=N/O)CCCCCCC1. The van der Waals surface area contributed by atoms with Crippen molar-refractivity contribution in [3.8, 4) is 0 Å². The first-order valence-electron chi connectivity index (χ1n) is 6.53. The average Bonchev–Trinajstić information content (AvgIpc) is 2.31. The van der Waals surface area contributed by atoms with Crippen LogP contribution in [0.5, 0.6) is 0 Å². The van der Waals surface area contributed by atoms with E-state index in [1.54, 1.807) is 0 Å². The molecule has 0 aromatic carbocycles. The molecule has 0 heterocycles. The van der Waals surface area contributed by atoms with Crippen molar-refractivity contribution in [2.75, 3.05) is 14.1 Å². The van der Waals surface area contributed by atoms with Crippen LogP contribution >= 0.6 is 0 Å². The Bertz CT molecular complexity index is 412. The summed E-state index contributed by atoms with van der Waals surface area (Å²) in [4.78, 5) is 0. The van der Waals surface area contributed by atoms with Crippen LogP contribution in [0, 0.1) is 0 Å². The molecule has 0 radical (unpaired) electrons. The molecule has 0 aromatic heterocycles. The Morgan fingerprint density at radius 3 is 2.11 bits per heavy atom. The second kappa shape index (κ2) is 6.53. The molecule has 1 fully saturated rings. The maximum atomic E-state index is 12.0. The van der Waals surface area contributed by atoms with Gasteiger partial charge in [-0.2, -0.15) is 17.4 Å². The highest BCUT2D eigenvalue weighted by molar-refractivity contribution is 7.87. The molecule has 0 atom stereocenters. The van der Waals surface area contributed by atoms with Gasteiger partial charge in [0.15, 0.2) is 5.84 Å². The van der Waals surface area contributed by atoms with Crippen molar-refractivity contribution in [2.45, 2.75) is 50.5 Å². The maximum absolute atomic E-state index is 12.0. The molecule has 1 saturated carbocycles. The molecule has 0 spiro atoms. The van der Waals surface area contributed by atoms with Gasteiger partial charge in [0.2, 0.25) is 0 Å². The van der Waals surface area contributed by atoms with E-state index in [0.717, 1.165) is 36.4 Å². The zero-order valence-electron chi connectivity index (χ0n) is 11.6. The predicted molar refractivity (Wildman–Crippen MR) is 74.2 cm³/mol. The van der Waals surface area contributed by atoms with Gasteiger partial charge in [0, 0.05) is 14.1 Å². The summed E-state index contributed by atoms with van der Waals surface area (Å²) in [5.74, 6) is -0.0557. The summed E-state index contributed by atoms with van der Waals surface area (Å²) >= 11 is 0. The molecule has 0 saturated heterocycles. The molecule has 0 amide bonds. The first-order chi connectivity index (χ1) is 8.84. The van der Waals surface area contributed by atoms with Crippen LogP contribution in [0.15, 0.2) is 5.16 Å². The fourth-order valence-electron chi connectivity index (χ4n) is 2.35. The molecule has 1 aliphatic rings. The Morgan fingerprint density at radius 2 is 1.68 bits per heavy atom. The summed E-state index contributed by atoms with van der Waals surface area (Å²) in [6.45, 7) is 0. The first-order valence-corrected chi connectivity index (χ1v) is 7.97. The highest BCUT2D eigenvalue weighted by Gasteiger charge is 2.39. The summed E-state index contributed by atoms with van der Waals surface area (Å²) in [6.07, 6.45) is 6.02. The lowest BCUT2D eigenvalue weighted by Gasteiger charge is -2.35. The number of rotatable bonds is 4. The monoisotopic (exact) mass is 292 g/mol. The van der Waals surface area contributed by atoms with Crippen LogP contribution in [0.4, 0.5) is 0 Å². The minimum absolute atomic E-state index is 0.0557. The second-order valence-corrected chi connectivity index (χ2v) is 7.11. The number of hydrogen-bond acceptors (Lipinski definition) is 4. The third-order valence-electron chi connectivity index (χ3n) is 3.61. The number of nitrogens with one attached hydrogen (secondary N) is 1. The molecule has 0 aliphatic heterocycles. The van der Waals surface area contributed by atoms with E-state index in [1.165, 1.54) is 14.1 Å². The molecule has 0 bridgehead atoms. The van der Waals surface area contributed by atoms with Crippen molar-refractivity contribution in [1.82, 2.24) is 9.03 Å². The van der Waals surface area contributed by atoms with Gasteiger partial charge in [-0.25, -0.2) is 0 Å². The van der Waals surface area contributed by atoms with Crippen molar-refractivity contribution in [3.05, 3.63) is 0 Å². The standard InChI is InChI=1S/C11H24N4O3S/c1-15(2)19(17,18)14-11(10(12)13-16)8-6-4-3-5-7-9-11/h14,16H,3-9H2,1-2H3,(H2,12,13). The van der Waals surface area contributed by atoms with Crippen molar-refractivity contribution in [1.29, 1.82) is 0 Å². The lowest BCUT2D eigenvalue weighted by Crippen LogP contribution is -2.59. The van der Waals surface area contributed by atoms with Gasteiger partial charge in [-0.3, -0.25) is 0 Å². The van der Waals surface area contributed by atoms with E-state index in [9.17, 15) is 8.42 Å². The summed E-state index contributed by atoms with van der Waals surface area (Å²) in [7, 11) is -0.729. The van der Waals surface area contributed by atoms with E-state index in [4.69, 9.17) is 10.9 Å². The Labute approximate surface area is 115 Å². The fraction of sp³-hybridized carbons (Fsp3) is 0.909. The molecule has 19 heavy (non-hydrogen) atoms. The summed E-state index contributed by atoms with van der Waals surface area (Å²) in [5.41, 5.74) is 4.79. The van der Waals surface area contributed by atoms with E-state index < -0.39 is 15.7 Å². The van der Waals surface area contributed by atoms with Crippen molar-refractivity contribution >= 4 is 16.0 Å². The highest BCUT2D eigenvalue weighted by Crippen LogP contribution is 2.27. The number of nitrogens with zero attached hydrogens (tertiary/aromatic N) is 2. The molecular formula is C11H24N4O3S. The van der Waals surface area contributed by atoms with Crippen LogP contribution in [-0.2, 0) is 10.2 Å². The van der Waals surface area contributed by atoms with Crippen LogP contribution in [0.25, 0.3) is 0 Å². The van der Waals surface area contributed by atoms with Gasteiger partial charge in [-0.15, -0.1) is 0 Å². The largest absolute Gasteiger partial charge is 0.409 e. The molecule has 8 heteroatoms. The Kier molecular flexibility index (Phi) is 5.57. The number of oxime groups is 1. The van der Waals surface area contributed by atoms with Gasteiger partial charge in [-0.1, -0.05) is 37.3 Å². The van der Waals surface area contributed by atoms with Gasteiger partial charge in [0.1, 0.15) is 0 Å². The Hall–Kier alpha value is -0.860. The maximum Gasteiger partial charge on any atom is 0.279 e. The number of nitrogens with two attached hydrogens (primary N) is 1. The molecule has 1 aliphatic carbocycles. The minimum atomic E-state index is -3.63. The van der Waals surface area contributed by atoms with E-state index in [-0.39, 0.29) is 5.84 Å². The second-order valence-electron chi connectivity index (χ2n) is 5.22. The molecular weight excluding hydrogens is 268 g/mol. The zero-order chi connectivity index (χ0) is 14.5. The number of hydrogen-bond donors (Lipinski definition) is 3. The van der Waals surface area contributed by atoms with Gasteiger partial charge in [0.25, 0.3) is 10.2 Å². The lowest BCUT2D eigenvalue weighted by molar-refractivity contribution is 0.297. The molecule has 0 unspecified atom stereocenters. The fourth-order valence-corrected chi connectivity index (χ4v) is 3.34. The van der Waals surface area contributed by atoms with Crippen LogP contribution in [0.1, 0.15) is 44.9 Å². The molecule has 0 aromatic rings. The first kappa shape index (κ1) is 16.2. The molecule has 4 N–H and O–H groups in total. The Balaban J connectivity index is 3.04. The van der Waals surface area contributed by atoms with Crippen LogP contribution in [0.3, 0.4) is 0 Å². The normalized spacial score (nSPS) is 21.9. The topological polar surface area (TPSA) is 108 Å². The van der Waals surface area contributed by atoms with E-state index in [2.05, 4.69) is 9.88 Å². The van der Waals surface area contributed by atoms with E-state index in [1.807, 2.05) is 0 Å². The van der Waals surface area contributed by atoms with Crippen molar-refractivity contribution in [2.24, 2.45) is 10.9 Å². The van der Waals surface area contributed by atoms with Gasteiger partial charge >= 0.3 is 0 Å². The van der Waals surface area contributed by atoms with E-state index >= 15 is 0 Å². The molecule has 112 valence electrons. The number of amidine groups is 1. The van der Waals surface area contributed by atoms with Crippen LogP contribution in [0.2, 0.25) is 0 Å².